The first-order valence-electron chi connectivity index (χ1n) is 7.12. The van der Waals surface area contributed by atoms with Gasteiger partial charge in [-0.3, -0.25) is 0 Å². The van der Waals surface area contributed by atoms with Crippen molar-refractivity contribution >= 4 is 0 Å². The molecule has 0 aliphatic rings. The van der Waals surface area contributed by atoms with Crippen molar-refractivity contribution in [3.8, 4) is 16.9 Å². The lowest BCUT2D eigenvalue weighted by Crippen LogP contribution is -2.10. The zero-order valence-corrected chi connectivity index (χ0v) is 12.7. The maximum atomic E-state index is 14.0. The minimum absolute atomic E-state index is 0.0158. The molecular weight excluding hydrogens is 334 g/mol. The summed E-state index contributed by atoms with van der Waals surface area (Å²) in [6.45, 7) is 1.19. The lowest BCUT2D eigenvalue weighted by atomic mass is 10.0. The highest BCUT2D eigenvalue weighted by molar-refractivity contribution is 5.65. The van der Waals surface area contributed by atoms with Crippen LogP contribution in [-0.4, -0.2) is 12.8 Å². The summed E-state index contributed by atoms with van der Waals surface area (Å²) in [5.74, 6) is -3.60. The van der Waals surface area contributed by atoms with Crippen LogP contribution in [-0.2, 0) is 0 Å². The number of rotatable bonds is 5. The van der Waals surface area contributed by atoms with Crippen LogP contribution < -0.4 is 4.74 Å². The summed E-state index contributed by atoms with van der Waals surface area (Å²) in [6.07, 6.45) is -5.88. The molecule has 7 heteroatoms. The van der Waals surface area contributed by atoms with Gasteiger partial charge in [-0.25, -0.2) is 13.2 Å². The number of halogens is 6. The predicted octanol–water partition coefficient (Wildman–Crippen LogP) is 5.80. The zero-order valence-electron chi connectivity index (χ0n) is 12.7. The molecule has 0 N–H and O–H groups in total. The molecule has 0 saturated carbocycles. The standard InChI is InChI=1S/C17H14F6O/c1-10-3-4-12(13(18)7-10)11-8-14(19)16(15(20)9-11)24-6-2-5-17(21,22)23/h3-4,7-9H,2,5-6H2,1H3. The summed E-state index contributed by atoms with van der Waals surface area (Å²) < 4.78 is 82.6. The zero-order chi connectivity index (χ0) is 17.9. The Balaban J connectivity index is 2.16. The Bertz CT molecular complexity index is 701. The molecule has 2 aromatic rings. The molecule has 0 saturated heterocycles. The molecule has 24 heavy (non-hydrogen) atoms. The molecular formula is C17H14F6O. The Morgan fingerprint density at radius 2 is 1.54 bits per heavy atom. The highest BCUT2D eigenvalue weighted by atomic mass is 19.4. The van der Waals surface area contributed by atoms with Gasteiger partial charge in [0.25, 0.3) is 0 Å². The van der Waals surface area contributed by atoms with Gasteiger partial charge in [-0.05, 0) is 42.7 Å². The van der Waals surface area contributed by atoms with E-state index >= 15 is 0 Å². The van der Waals surface area contributed by atoms with Crippen LogP contribution in [0.1, 0.15) is 18.4 Å². The maximum absolute atomic E-state index is 14.0. The smallest absolute Gasteiger partial charge is 0.389 e. The first kappa shape index (κ1) is 18.2. The Morgan fingerprint density at radius 3 is 2.08 bits per heavy atom. The maximum Gasteiger partial charge on any atom is 0.389 e. The lowest BCUT2D eigenvalue weighted by Gasteiger charge is -2.12. The van der Waals surface area contributed by atoms with Crippen LogP contribution in [0.5, 0.6) is 5.75 Å². The largest absolute Gasteiger partial charge is 0.488 e. The van der Waals surface area contributed by atoms with E-state index < -0.39 is 48.8 Å². The molecule has 0 aliphatic heterocycles. The van der Waals surface area contributed by atoms with Crippen LogP contribution in [0.15, 0.2) is 30.3 Å². The van der Waals surface area contributed by atoms with E-state index in [2.05, 4.69) is 0 Å². The fraction of sp³-hybridized carbons (Fsp3) is 0.294. The summed E-state index contributed by atoms with van der Waals surface area (Å²) in [7, 11) is 0. The van der Waals surface area contributed by atoms with Gasteiger partial charge in [0.05, 0.1) is 6.61 Å². The fourth-order valence-electron chi connectivity index (χ4n) is 2.15. The molecule has 1 nitrogen and oxygen atoms in total. The topological polar surface area (TPSA) is 9.23 Å². The van der Waals surface area contributed by atoms with Crippen LogP contribution in [0.3, 0.4) is 0 Å². The van der Waals surface area contributed by atoms with Crippen molar-refractivity contribution < 1.29 is 31.1 Å². The third-order valence-electron chi connectivity index (χ3n) is 3.28. The summed E-state index contributed by atoms with van der Waals surface area (Å²) in [6, 6.07) is 5.98. The van der Waals surface area contributed by atoms with E-state index in [4.69, 9.17) is 4.74 Å². The average Bonchev–Trinajstić information content (AvgIpc) is 2.44. The van der Waals surface area contributed by atoms with E-state index in [1.54, 1.807) is 13.0 Å². The highest BCUT2D eigenvalue weighted by Crippen LogP contribution is 2.31. The van der Waals surface area contributed by atoms with Crippen molar-refractivity contribution in [2.24, 2.45) is 0 Å². The first-order chi connectivity index (χ1) is 11.2. The third-order valence-corrected chi connectivity index (χ3v) is 3.28. The van der Waals surface area contributed by atoms with Gasteiger partial charge in [-0.1, -0.05) is 12.1 Å². The van der Waals surface area contributed by atoms with E-state index in [-0.39, 0.29) is 11.1 Å². The van der Waals surface area contributed by atoms with E-state index in [0.29, 0.717) is 5.56 Å². The van der Waals surface area contributed by atoms with Gasteiger partial charge < -0.3 is 4.74 Å². The van der Waals surface area contributed by atoms with E-state index in [1.807, 2.05) is 0 Å². The van der Waals surface area contributed by atoms with E-state index in [1.165, 1.54) is 12.1 Å². The van der Waals surface area contributed by atoms with Gasteiger partial charge in [0.2, 0.25) is 0 Å². The van der Waals surface area contributed by atoms with Crippen LogP contribution in [0.4, 0.5) is 26.3 Å². The number of hydrogen-bond acceptors (Lipinski definition) is 1. The van der Waals surface area contributed by atoms with Crippen LogP contribution in [0.25, 0.3) is 11.1 Å². The molecule has 0 fully saturated rings. The molecule has 0 bridgehead atoms. The van der Waals surface area contributed by atoms with E-state index in [9.17, 15) is 26.3 Å². The number of hydrogen-bond donors (Lipinski definition) is 0. The monoisotopic (exact) mass is 348 g/mol. The highest BCUT2D eigenvalue weighted by Gasteiger charge is 2.26. The predicted molar refractivity (Wildman–Crippen MR) is 77.3 cm³/mol. The van der Waals surface area contributed by atoms with Crippen molar-refractivity contribution in [2.45, 2.75) is 25.9 Å². The first-order valence-corrected chi connectivity index (χ1v) is 7.12. The molecule has 0 aliphatic carbocycles. The Morgan fingerprint density at radius 1 is 0.917 bits per heavy atom. The molecule has 0 radical (unpaired) electrons. The molecule has 0 atom stereocenters. The van der Waals surface area contributed by atoms with Crippen molar-refractivity contribution in [3.05, 3.63) is 53.3 Å². The van der Waals surface area contributed by atoms with Crippen molar-refractivity contribution in [2.75, 3.05) is 6.61 Å². The fourth-order valence-corrected chi connectivity index (χ4v) is 2.15. The number of ether oxygens (including phenoxy) is 1. The lowest BCUT2D eigenvalue weighted by molar-refractivity contribution is -0.136. The molecule has 2 aromatic carbocycles. The van der Waals surface area contributed by atoms with Crippen LogP contribution in [0, 0.1) is 24.4 Å². The van der Waals surface area contributed by atoms with Gasteiger partial charge in [0, 0.05) is 12.0 Å². The molecule has 0 unspecified atom stereocenters. The van der Waals surface area contributed by atoms with Crippen LogP contribution >= 0.6 is 0 Å². The van der Waals surface area contributed by atoms with Gasteiger partial charge in [0.1, 0.15) is 5.82 Å². The summed E-state index contributed by atoms with van der Waals surface area (Å²) in [5, 5.41) is 0. The minimum Gasteiger partial charge on any atom is -0.488 e. The van der Waals surface area contributed by atoms with Gasteiger partial charge >= 0.3 is 6.18 Å². The van der Waals surface area contributed by atoms with Gasteiger partial charge in [-0.2, -0.15) is 13.2 Å². The molecule has 0 spiro atoms. The second-order valence-electron chi connectivity index (χ2n) is 5.32. The minimum atomic E-state index is -4.35. The molecule has 0 heterocycles. The van der Waals surface area contributed by atoms with Crippen molar-refractivity contribution in [1.29, 1.82) is 0 Å². The Hall–Kier alpha value is -2.18. The van der Waals surface area contributed by atoms with Crippen LogP contribution in [0.2, 0.25) is 0 Å². The van der Waals surface area contributed by atoms with Gasteiger partial charge in [0.15, 0.2) is 17.4 Å². The summed E-state index contributed by atoms with van der Waals surface area (Å²) in [5.41, 5.74) is 0.647. The second-order valence-corrected chi connectivity index (χ2v) is 5.32. The molecule has 2 rings (SSSR count). The molecule has 0 amide bonds. The van der Waals surface area contributed by atoms with Crippen molar-refractivity contribution in [3.63, 3.8) is 0 Å². The van der Waals surface area contributed by atoms with Crippen molar-refractivity contribution in [1.82, 2.24) is 0 Å². The average molecular weight is 348 g/mol. The quantitative estimate of drug-likeness (QED) is 0.490. The summed E-state index contributed by atoms with van der Waals surface area (Å²) >= 11 is 0. The number of benzene rings is 2. The van der Waals surface area contributed by atoms with Gasteiger partial charge in [-0.15, -0.1) is 0 Å². The third kappa shape index (κ3) is 4.66. The number of alkyl halides is 3. The molecule has 0 aromatic heterocycles. The Labute approximate surface area is 134 Å². The Kier molecular flexibility index (Phi) is 5.41. The summed E-state index contributed by atoms with van der Waals surface area (Å²) in [4.78, 5) is 0. The molecule has 130 valence electrons. The second kappa shape index (κ2) is 7.15. The number of aryl methyl sites for hydroxylation is 1. The van der Waals surface area contributed by atoms with E-state index in [0.717, 1.165) is 12.1 Å². The SMILES string of the molecule is Cc1ccc(-c2cc(F)c(OCCCC(F)(F)F)c(F)c2)c(F)c1. The normalized spacial score (nSPS) is 11.6.